The monoisotopic (exact) mass is 254 g/mol. The molecule has 0 aliphatic heterocycles. The molecular weight excluding hydrogens is 245 g/mol. The van der Waals surface area contributed by atoms with Crippen LogP contribution in [-0.4, -0.2) is 13.0 Å². The number of rotatable bonds is 3. The van der Waals surface area contributed by atoms with Gasteiger partial charge in [0, 0.05) is 17.5 Å². The molecule has 0 spiro atoms. The lowest BCUT2D eigenvalue weighted by Crippen LogP contribution is -2.18. The molecule has 0 saturated heterocycles. The average Bonchev–Trinajstić information content (AvgIpc) is 2.15. The molecule has 0 fully saturated rings. The molecule has 0 aliphatic carbocycles. The van der Waals surface area contributed by atoms with Gasteiger partial charge < -0.3 is 4.74 Å². The highest BCUT2D eigenvalue weighted by Gasteiger charge is 2.35. The second kappa shape index (κ2) is 4.54. The van der Waals surface area contributed by atoms with E-state index in [0.717, 1.165) is 6.92 Å². The summed E-state index contributed by atoms with van der Waals surface area (Å²) in [5.41, 5.74) is 0.194. The predicted molar refractivity (Wildman–Crippen MR) is 57.2 cm³/mol. The van der Waals surface area contributed by atoms with Crippen LogP contribution in [0.3, 0.4) is 0 Å². The van der Waals surface area contributed by atoms with Crippen LogP contribution in [0.25, 0.3) is 0 Å². The molecule has 1 atom stereocenters. The molecule has 1 aromatic rings. The minimum Gasteiger partial charge on any atom is -0.496 e. The molecule has 5 heteroatoms. The summed E-state index contributed by atoms with van der Waals surface area (Å²) < 4.78 is 31.0. The van der Waals surface area contributed by atoms with Gasteiger partial charge >= 0.3 is 0 Å². The van der Waals surface area contributed by atoms with E-state index in [1.165, 1.54) is 19.2 Å². The van der Waals surface area contributed by atoms with Crippen molar-refractivity contribution in [1.29, 1.82) is 0 Å². The standard InChI is InChI=1S/C10H10Cl2F2O/c1-10(13,14)9(12)7-5-6(11)3-4-8(7)15-2/h3-5,9H,1-2H3. The maximum atomic E-state index is 13.0. The van der Waals surface area contributed by atoms with Crippen molar-refractivity contribution in [2.45, 2.75) is 18.2 Å². The van der Waals surface area contributed by atoms with Crippen LogP contribution in [0.4, 0.5) is 8.78 Å². The smallest absolute Gasteiger partial charge is 0.265 e. The van der Waals surface area contributed by atoms with E-state index in [0.29, 0.717) is 10.8 Å². The van der Waals surface area contributed by atoms with Crippen molar-refractivity contribution in [2.24, 2.45) is 0 Å². The van der Waals surface area contributed by atoms with E-state index in [-0.39, 0.29) is 5.56 Å². The van der Waals surface area contributed by atoms with Gasteiger partial charge in [0.2, 0.25) is 0 Å². The van der Waals surface area contributed by atoms with Gasteiger partial charge in [-0.3, -0.25) is 0 Å². The van der Waals surface area contributed by atoms with Crippen LogP contribution in [0.1, 0.15) is 17.9 Å². The fraction of sp³-hybridized carbons (Fsp3) is 0.400. The zero-order valence-corrected chi connectivity index (χ0v) is 9.74. The van der Waals surface area contributed by atoms with Crippen LogP contribution >= 0.6 is 23.2 Å². The van der Waals surface area contributed by atoms with Gasteiger partial charge in [-0.1, -0.05) is 11.6 Å². The Morgan fingerprint density at radius 1 is 1.40 bits per heavy atom. The molecule has 0 radical (unpaired) electrons. The number of benzene rings is 1. The zero-order chi connectivity index (χ0) is 11.6. The molecule has 1 unspecified atom stereocenters. The molecule has 15 heavy (non-hydrogen) atoms. The molecular formula is C10H10Cl2F2O. The molecule has 0 bridgehead atoms. The quantitative estimate of drug-likeness (QED) is 0.732. The number of hydrogen-bond acceptors (Lipinski definition) is 1. The SMILES string of the molecule is COc1ccc(Cl)cc1C(Cl)C(C)(F)F. The second-order valence-electron chi connectivity index (χ2n) is 3.21. The van der Waals surface area contributed by atoms with Gasteiger partial charge in [0.15, 0.2) is 0 Å². The van der Waals surface area contributed by atoms with Gasteiger partial charge in [-0.2, -0.15) is 0 Å². The summed E-state index contributed by atoms with van der Waals surface area (Å²) in [5, 5.41) is -1.10. The van der Waals surface area contributed by atoms with Gasteiger partial charge in [0.25, 0.3) is 5.92 Å². The van der Waals surface area contributed by atoms with Gasteiger partial charge in [-0.05, 0) is 18.2 Å². The number of ether oxygens (including phenoxy) is 1. The molecule has 1 nitrogen and oxygen atoms in total. The van der Waals surface area contributed by atoms with Crippen LogP contribution in [0.15, 0.2) is 18.2 Å². The number of alkyl halides is 3. The van der Waals surface area contributed by atoms with E-state index in [9.17, 15) is 8.78 Å². The molecule has 0 aromatic heterocycles. The van der Waals surface area contributed by atoms with Gasteiger partial charge in [0.05, 0.1) is 7.11 Å². The van der Waals surface area contributed by atoms with Crippen molar-refractivity contribution in [3.63, 3.8) is 0 Å². The van der Waals surface area contributed by atoms with Crippen molar-refractivity contribution in [3.8, 4) is 5.75 Å². The molecule has 1 rings (SSSR count). The number of halogens is 4. The van der Waals surface area contributed by atoms with E-state index in [1.807, 2.05) is 0 Å². The number of hydrogen-bond donors (Lipinski definition) is 0. The lowest BCUT2D eigenvalue weighted by Gasteiger charge is -2.19. The van der Waals surface area contributed by atoms with E-state index in [1.54, 1.807) is 6.07 Å². The molecule has 0 saturated carbocycles. The first-order valence-corrected chi connectivity index (χ1v) is 5.03. The van der Waals surface area contributed by atoms with Crippen molar-refractivity contribution in [1.82, 2.24) is 0 Å². The Hall–Kier alpha value is -0.540. The Morgan fingerprint density at radius 2 is 2.00 bits per heavy atom. The maximum Gasteiger partial charge on any atom is 0.265 e. The molecule has 0 aliphatic rings. The first-order chi connectivity index (χ1) is 6.86. The van der Waals surface area contributed by atoms with Gasteiger partial charge in [-0.15, -0.1) is 11.6 Å². The third-order valence-electron chi connectivity index (χ3n) is 1.91. The van der Waals surface area contributed by atoms with Crippen LogP contribution in [0.5, 0.6) is 5.75 Å². The summed E-state index contributed by atoms with van der Waals surface area (Å²) in [6.45, 7) is 0.755. The summed E-state index contributed by atoms with van der Waals surface area (Å²) in [6, 6.07) is 4.45. The minimum atomic E-state index is -3.03. The zero-order valence-electron chi connectivity index (χ0n) is 8.23. The van der Waals surface area contributed by atoms with Gasteiger partial charge in [0.1, 0.15) is 11.1 Å². The third-order valence-corrected chi connectivity index (χ3v) is 2.76. The Labute approximate surface area is 96.9 Å². The Morgan fingerprint density at radius 3 is 2.47 bits per heavy atom. The largest absolute Gasteiger partial charge is 0.496 e. The van der Waals surface area contributed by atoms with Crippen LogP contribution in [0, 0.1) is 0 Å². The topological polar surface area (TPSA) is 9.23 Å². The van der Waals surface area contributed by atoms with Gasteiger partial charge in [-0.25, -0.2) is 8.78 Å². The maximum absolute atomic E-state index is 13.0. The van der Waals surface area contributed by atoms with Crippen LogP contribution < -0.4 is 4.74 Å². The van der Waals surface area contributed by atoms with E-state index < -0.39 is 11.3 Å². The van der Waals surface area contributed by atoms with E-state index in [2.05, 4.69) is 0 Å². The average molecular weight is 255 g/mol. The fourth-order valence-electron chi connectivity index (χ4n) is 1.18. The van der Waals surface area contributed by atoms with Crippen molar-refractivity contribution < 1.29 is 13.5 Å². The molecule has 1 aromatic carbocycles. The first-order valence-electron chi connectivity index (χ1n) is 4.21. The normalized spacial score (nSPS) is 13.7. The van der Waals surface area contributed by atoms with Crippen LogP contribution in [0.2, 0.25) is 5.02 Å². The highest BCUT2D eigenvalue weighted by atomic mass is 35.5. The van der Waals surface area contributed by atoms with Crippen LogP contribution in [-0.2, 0) is 0 Å². The first kappa shape index (κ1) is 12.5. The Balaban J connectivity index is 3.17. The van der Waals surface area contributed by atoms with E-state index >= 15 is 0 Å². The summed E-state index contributed by atoms with van der Waals surface area (Å²) in [7, 11) is 1.39. The second-order valence-corrected chi connectivity index (χ2v) is 4.08. The highest BCUT2D eigenvalue weighted by molar-refractivity contribution is 6.31. The molecule has 0 N–H and O–H groups in total. The molecule has 0 heterocycles. The van der Waals surface area contributed by atoms with Crippen molar-refractivity contribution >= 4 is 23.2 Å². The fourth-order valence-corrected chi connectivity index (χ4v) is 1.53. The summed E-state index contributed by atoms with van der Waals surface area (Å²) in [4.78, 5) is 0. The third kappa shape index (κ3) is 2.95. The summed E-state index contributed by atoms with van der Waals surface area (Å²) in [6.07, 6.45) is 0. The lowest BCUT2D eigenvalue weighted by atomic mass is 10.1. The van der Waals surface area contributed by atoms with E-state index in [4.69, 9.17) is 27.9 Å². The Kier molecular flexibility index (Phi) is 3.79. The Bertz CT molecular complexity index is 350. The van der Waals surface area contributed by atoms with Crippen molar-refractivity contribution in [2.75, 3.05) is 7.11 Å². The molecule has 84 valence electrons. The van der Waals surface area contributed by atoms with Crippen molar-refractivity contribution in [3.05, 3.63) is 28.8 Å². The minimum absolute atomic E-state index is 0.194. The molecule has 0 amide bonds. The summed E-state index contributed by atoms with van der Waals surface area (Å²) >= 11 is 11.4. The highest BCUT2D eigenvalue weighted by Crippen LogP contribution is 2.41. The number of methoxy groups -OCH3 is 1. The lowest BCUT2D eigenvalue weighted by molar-refractivity contribution is 0.0163. The summed E-state index contributed by atoms with van der Waals surface area (Å²) in [5.74, 6) is -2.72. The predicted octanol–water partition coefficient (Wildman–Crippen LogP) is 4.28.